The Morgan fingerprint density at radius 3 is 2.68 bits per heavy atom. The molecule has 1 aromatic carbocycles. The number of anilines is 3. The second-order valence-corrected chi connectivity index (χ2v) is 15.1. The molecule has 3 aromatic rings. The van der Waals surface area contributed by atoms with E-state index in [0.717, 1.165) is 24.6 Å². The summed E-state index contributed by atoms with van der Waals surface area (Å²) in [5.41, 5.74) is 1.38. The molecule has 0 amide bonds. The van der Waals surface area contributed by atoms with E-state index in [-0.39, 0.29) is 18.2 Å². The first kappa shape index (κ1) is 25.5. The van der Waals surface area contributed by atoms with Gasteiger partial charge < -0.3 is 24.9 Å². The normalized spacial score (nSPS) is 17.9. The van der Waals surface area contributed by atoms with E-state index in [1.54, 1.807) is 7.11 Å². The number of nitrogens with one attached hydrogen (secondary N) is 3. The van der Waals surface area contributed by atoms with Gasteiger partial charge in [-0.05, 0) is 31.0 Å². The molecule has 1 saturated carbocycles. The molecule has 11 nitrogen and oxygen atoms in total. The van der Waals surface area contributed by atoms with Gasteiger partial charge in [-0.2, -0.15) is 15.2 Å². The Balaban J connectivity index is 1.40. The molecule has 2 aromatic heterocycles. The van der Waals surface area contributed by atoms with Gasteiger partial charge in [0.1, 0.15) is 40.3 Å². The van der Waals surface area contributed by atoms with Crippen LogP contribution in [0.4, 0.5) is 17.5 Å². The van der Waals surface area contributed by atoms with Crippen molar-refractivity contribution in [3.05, 3.63) is 30.0 Å². The fraction of sp³-hybridized carbons (Fsp3) is 0.458. The number of aromatic amines is 1. The zero-order valence-corrected chi connectivity index (χ0v) is 22.5. The minimum absolute atomic E-state index is 0.0820. The number of benzene rings is 1. The van der Waals surface area contributed by atoms with Crippen molar-refractivity contribution in [1.29, 1.82) is 5.26 Å². The van der Waals surface area contributed by atoms with Gasteiger partial charge in [-0.25, -0.2) is 8.42 Å². The summed E-state index contributed by atoms with van der Waals surface area (Å²) in [4.78, 5) is 14.4. The van der Waals surface area contributed by atoms with Crippen LogP contribution in [0.15, 0.2) is 24.4 Å². The van der Waals surface area contributed by atoms with E-state index in [4.69, 9.17) is 4.74 Å². The Hall–Kier alpha value is -3.13. The first-order valence-corrected chi connectivity index (χ1v) is 16.3. The van der Waals surface area contributed by atoms with E-state index >= 15 is 0 Å². The van der Waals surface area contributed by atoms with Gasteiger partial charge in [-0.1, -0.05) is 0 Å². The maximum absolute atomic E-state index is 13.7. The van der Waals surface area contributed by atoms with Crippen LogP contribution < -0.4 is 20.7 Å². The lowest BCUT2D eigenvalue weighted by atomic mass is 10.2. The third kappa shape index (κ3) is 5.59. The monoisotopic (exact) mass is 543 g/mol. The van der Waals surface area contributed by atoms with Gasteiger partial charge in [0, 0.05) is 55.8 Å². The Morgan fingerprint density at radius 1 is 1.27 bits per heavy atom. The van der Waals surface area contributed by atoms with Crippen molar-refractivity contribution in [2.75, 3.05) is 61.7 Å². The molecule has 37 heavy (non-hydrogen) atoms. The first-order chi connectivity index (χ1) is 17.7. The summed E-state index contributed by atoms with van der Waals surface area (Å²) in [6.07, 6.45) is 6.55. The molecule has 5 rings (SSSR count). The SMILES string of the molecule is COc1cc(P2(=O)CCN(C3CC3)CC2)ccc1Nc1nc(NCCS(C)(=O)=O)c2c(C#N)c[nH]c2n1. The minimum atomic E-state index is -3.18. The second-order valence-electron chi connectivity index (χ2n) is 9.60. The summed E-state index contributed by atoms with van der Waals surface area (Å²) in [7, 11) is -4.12. The fourth-order valence-corrected chi connectivity index (χ4v) is 7.76. The number of nitriles is 1. The molecule has 2 fully saturated rings. The first-order valence-electron chi connectivity index (χ1n) is 12.2. The van der Waals surface area contributed by atoms with Gasteiger partial charge in [-0.3, -0.25) is 4.90 Å². The Labute approximate surface area is 215 Å². The highest BCUT2D eigenvalue weighted by Crippen LogP contribution is 2.49. The molecule has 3 heterocycles. The molecule has 0 radical (unpaired) electrons. The van der Waals surface area contributed by atoms with Crippen LogP contribution in [0.1, 0.15) is 18.4 Å². The summed E-state index contributed by atoms with van der Waals surface area (Å²) in [6, 6.07) is 8.32. The summed E-state index contributed by atoms with van der Waals surface area (Å²) >= 11 is 0. The Morgan fingerprint density at radius 2 is 2.03 bits per heavy atom. The highest BCUT2D eigenvalue weighted by atomic mass is 32.2. The lowest BCUT2D eigenvalue weighted by molar-refractivity contribution is 0.285. The highest BCUT2D eigenvalue weighted by Gasteiger charge is 2.37. The molecule has 3 N–H and O–H groups in total. The zero-order valence-electron chi connectivity index (χ0n) is 20.8. The average Bonchev–Trinajstić information content (AvgIpc) is 3.63. The van der Waals surface area contributed by atoms with Crippen molar-refractivity contribution < 1.29 is 17.7 Å². The van der Waals surface area contributed by atoms with Crippen molar-refractivity contribution in [2.45, 2.75) is 18.9 Å². The molecule has 13 heteroatoms. The smallest absolute Gasteiger partial charge is 0.231 e. The molecule has 2 aliphatic rings. The van der Waals surface area contributed by atoms with Crippen LogP contribution in [-0.2, 0) is 14.4 Å². The van der Waals surface area contributed by atoms with Gasteiger partial charge in [0.15, 0.2) is 0 Å². The van der Waals surface area contributed by atoms with Crippen molar-refractivity contribution >= 4 is 50.8 Å². The van der Waals surface area contributed by atoms with Crippen LogP contribution in [0, 0.1) is 11.3 Å². The van der Waals surface area contributed by atoms with Crippen LogP contribution in [0.3, 0.4) is 0 Å². The van der Waals surface area contributed by atoms with Crippen molar-refractivity contribution in [1.82, 2.24) is 19.9 Å². The largest absolute Gasteiger partial charge is 0.495 e. The van der Waals surface area contributed by atoms with Gasteiger partial charge in [0.25, 0.3) is 0 Å². The van der Waals surface area contributed by atoms with Crippen LogP contribution in [0.25, 0.3) is 11.0 Å². The molecule has 0 unspecified atom stereocenters. The number of hydrogen-bond acceptors (Lipinski definition) is 10. The number of ether oxygens (including phenoxy) is 1. The van der Waals surface area contributed by atoms with Crippen molar-refractivity contribution in [3.8, 4) is 11.8 Å². The minimum Gasteiger partial charge on any atom is -0.495 e. The topological polar surface area (TPSA) is 153 Å². The molecule has 0 atom stereocenters. The van der Waals surface area contributed by atoms with Crippen LogP contribution >= 0.6 is 7.14 Å². The number of nitrogens with zero attached hydrogens (tertiary/aromatic N) is 4. The van der Waals surface area contributed by atoms with Crippen molar-refractivity contribution in [2.24, 2.45) is 0 Å². The van der Waals surface area contributed by atoms with E-state index in [9.17, 15) is 18.2 Å². The molecule has 196 valence electrons. The maximum Gasteiger partial charge on any atom is 0.231 e. The number of hydrogen-bond donors (Lipinski definition) is 3. The number of sulfone groups is 1. The molecule has 1 aliphatic carbocycles. The predicted molar refractivity (Wildman–Crippen MR) is 145 cm³/mol. The van der Waals surface area contributed by atoms with Gasteiger partial charge >= 0.3 is 0 Å². The maximum atomic E-state index is 13.7. The molecule has 1 aliphatic heterocycles. The molecule has 0 spiro atoms. The molecule has 1 saturated heterocycles. The summed E-state index contributed by atoms with van der Waals surface area (Å²) in [5, 5.41) is 16.9. The highest BCUT2D eigenvalue weighted by molar-refractivity contribution is 7.90. The zero-order chi connectivity index (χ0) is 26.2. The fourth-order valence-electron chi connectivity index (χ4n) is 4.68. The molecular formula is C24H30N7O4PS. The number of H-pyrrole nitrogens is 1. The average molecular weight is 544 g/mol. The van der Waals surface area contributed by atoms with Crippen LogP contribution in [0.5, 0.6) is 5.75 Å². The lowest BCUT2D eigenvalue weighted by Crippen LogP contribution is -2.38. The second kappa shape index (κ2) is 9.97. The summed E-state index contributed by atoms with van der Waals surface area (Å²) < 4.78 is 42.5. The van der Waals surface area contributed by atoms with E-state index in [1.807, 2.05) is 18.2 Å². The lowest BCUT2D eigenvalue weighted by Gasteiger charge is -2.32. The van der Waals surface area contributed by atoms with E-state index in [2.05, 4.69) is 36.6 Å². The molecular weight excluding hydrogens is 513 g/mol. The number of methoxy groups -OCH3 is 1. The predicted octanol–water partition coefficient (Wildman–Crippen LogP) is 2.50. The number of fused-ring (bicyclic) bond motifs is 1. The third-order valence-corrected chi connectivity index (χ3v) is 10.9. The number of rotatable bonds is 9. The van der Waals surface area contributed by atoms with Crippen LogP contribution in [-0.4, -0.2) is 85.4 Å². The molecule has 0 bridgehead atoms. The van der Waals surface area contributed by atoms with E-state index < -0.39 is 17.0 Å². The Bertz CT molecular complexity index is 1520. The Kier molecular flexibility index (Phi) is 6.88. The van der Waals surface area contributed by atoms with E-state index in [1.165, 1.54) is 19.0 Å². The number of aromatic nitrogens is 3. The van der Waals surface area contributed by atoms with Gasteiger partial charge in [0.2, 0.25) is 5.95 Å². The van der Waals surface area contributed by atoms with E-state index in [0.29, 0.717) is 52.2 Å². The van der Waals surface area contributed by atoms with Gasteiger partial charge in [-0.15, -0.1) is 0 Å². The van der Waals surface area contributed by atoms with Gasteiger partial charge in [0.05, 0.1) is 29.5 Å². The quantitative estimate of drug-likeness (QED) is 0.343. The summed E-state index contributed by atoms with van der Waals surface area (Å²) in [5.74, 6) is 1.02. The standard InChI is InChI=1S/C24H30N7O4PS/c1-35-20-13-18(36(32)10-8-31(9-11-36)17-3-4-17)5-6-19(20)28-24-29-22(26-7-12-37(2,33)34)21-16(14-25)15-27-23(21)30-24/h5-6,13,15,17H,3-4,7-12H2,1-2H3,(H3,26,27,28,29,30). The third-order valence-electron chi connectivity index (χ3n) is 6.88. The summed E-state index contributed by atoms with van der Waals surface area (Å²) in [6.45, 7) is 1.87. The van der Waals surface area contributed by atoms with Crippen LogP contribution in [0.2, 0.25) is 0 Å². The van der Waals surface area contributed by atoms with Crippen molar-refractivity contribution in [3.63, 3.8) is 0 Å².